The number of hydrogen-bond acceptors (Lipinski definition) is 4. The summed E-state index contributed by atoms with van der Waals surface area (Å²) in [5.74, 6) is 0. The second-order valence-corrected chi connectivity index (χ2v) is 4.39. The zero-order chi connectivity index (χ0) is 12.6. The Morgan fingerprint density at radius 2 is 1.81 bits per heavy atom. The van der Waals surface area contributed by atoms with E-state index in [4.69, 9.17) is 15.2 Å². The number of likely N-dealkylation sites (N-methyl/N-ethyl adjacent to an activating group) is 1. The summed E-state index contributed by atoms with van der Waals surface area (Å²) in [5, 5.41) is 0. The molecule has 0 radical (unpaired) electrons. The molecular weight excluding hydrogens is 204 g/mol. The number of ether oxygens (including phenoxy) is 2. The maximum absolute atomic E-state index is 5.92. The summed E-state index contributed by atoms with van der Waals surface area (Å²) in [7, 11) is 3.34. The van der Waals surface area contributed by atoms with Gasteiger partial charge in [-0.05, 0) is 26.4 Å². The van der Waals surface area contributed by atoms with Crippen molar-refractivity contribution < 1.29 is 9.47 Å². The molecule has 0 amide bonds. The van der Waals surface area contributed by atoms with Crippen molar-refractivity contribution in [2.75, 3.05) is 33.9 Å². The van der Waals surface area contributed by atoms with Gasteiger partial charge < -0.3 is 15.2 Å². The van der Waals surface area contributed by atoms with Gasteiger partial charge in [-0.2, -0.15) is 0 Å². The first-order valence-corrected chi connectivity index (χ1v) is 6.08. The minimum absolute atomic E-state index is 0.0541. The minimum atomic E-state index is -0.181. The van der Waals surface area contributed by atoms with Crippen molar-refractivity contribution >= 4 is 0 Å². The van der Waals surface area contributed by atoms with Crippen LogP contribution in [-0.2, 0) is 9.47 Å². The maximum Gasteiger partial charge on any atom is 0.158 e. The Hall–Kier alpha value is -0.160. The highest BCUT2D eigenvalue weighted by Gasteiger charge is 2.32. The highest BCUT2D eigenvalue weighted by molar-refractivity contribution is 4.87. The third-order valence-electron chi connectivity index (χ3n) is 3.21. The van der Waals surface area contributed by atoms with E-state index in [9.17, 15) is 0 Å². The molecule has 0 aliphatic heterocycles. The van der Waals surface area contributed by atoms with Crippen LogP contribution in [0.4, 0.5) is 0 Å². The summed E-state index contributed by atoms with van der Waals surface area (Å²) in [6.45, 7) is 9.20. The lowest BCUT2D eigenvalue weighted by Gasteiger charge is -2.41. The Morgan fingerprint density at radius 3 is 2.12 bits per heavy atom. The molecule has 0 aromatic carbocycles. The lowest BCUT2D eigenvalue weighted by Crippen LogP contribution is -2.54. The predicted molar refractivity (Wildman–Crippen MR) is 67.4 cm³/mol. The number of rotatable bonds is 9. The first-order valence-electron chi connectivity index (χ1n) is 6.08. The molecule has 1 unspecified atom stereocenters. The number of nitrogens with two attached hydrogens (primary N) is 1. The van der Waals surface area contributed by atoms with Crippen molar-refractivity contribution in [2.24, 2.45) is 5.73 Å². The molecule has 0 aliphatic rings. The molecule has 0 rings (SSSR count). The van der Waals surface area contributed by atoms with Crippen molar-refractivity contribution in [3.8, 4) is 0 Å². The molecule has 0 bridgehead atoms. The van der Waals surface area contributed by atoms with Crippen molar-refractivity contribution in [1.29, 1.82) is 0 Å². The second-order valence-electron chi connectivity index (χ2n) is 4.39. The van der Waals surface area contributed by atoms with Crippen molar-refractivity contribution in [1.82, 2.24) is 4.90 Å². The van der Waals surface area contributed by atoms with E-state index in [1.807, 2.05) is 0 Å². The van der Waals surface area contributed by atoms with Crippen LogP contribution in [0.15, 0.2) is 0 Å². The minimum Gasteiger partial charge on any atom is -0.356 e. The van der Waals surface area contributed by atoms with Gasteiger partial charge in [0.2, 0.25) is 0 Å². The molecule has 0 saturated heterocycles. The Labute approximate surface area is 100 Å². The molecule has 0 saturated carbocycles. The molecule has 0 aliphatic carbocycles. The predicted octanol–water partition coefficient (Wildman–Crippen LogP) is 1.44. The molecule has 1 atom stereocenters. The van der Waals surface area contributed by atoms with E-state index >= 15 is 0 Å². The highest BCUT2D eigenvalue weighted by Crippen LogP contribution is 2.22. The summed E-state index contributed by atoms with van der Waals surface area (Å²) in [4.78, 5) is 2.40. The van der Waals surface area contributed by atoms with Gasteiger partial charge in [-0.1, -0.05) is 13.8 Å². The fraction of sp³-hybridized carbons (Fsp3) is 1.00. The van der Waals surface area contributed by atoms with Crippen molar-refractivity contribution in [3.63, 3.8) is 0 Å². The molecule has 4 nitrogen and oxygen atoms in total. The molecule has 0 aromatic heterocycles. The Bertz CT molecular complexity index is 174. The third kappa shape index (κ3) is 4.37. The quantitative estimate of drug-likeness (QED) is 0.611. The second kappa shape index (κ2) is 8.01. The monoisotopic (exact) mass is 232 g/mol. The van der Waals surface area contributed by atoms with Gasteiger partial charge in [0.1, 0.15) is 0 Å². The van der Waals surface area contributed by atoms with Crippen LogP contribution < -0.4 is 5.73 Å². The standard InChI is InChI=1S/C12H28N2O2/c1-6-8-14(7-2)12(3,10-13)9-11(15-4)16-5/h11H,6-10,13H2,1-5H3. The molecule has 0 spiro atoms. The normalized spacial score (nSPS) is 15.8. The summed E-state index contributed by atoms with van der Waals surface area (Å²) < 4.78 is 10.5. The van der Waals surface area contributed by atoms with Crippen molar-refractivity contribution in [2.45, 2.75) is 45.4 Å². The summed E-state index contributed by atoms with van der Waals surface area (Å²) in [5.41, 5.74) is 5.86. The van der Waals surface area contributed by atoms with Gasteiger partial charge in [0.25, 0.3) is 0 Å². The van der Waals surface area contributed by atoms with Gasteiger partial charge in [0.15, 0.2) is 6.29 Å². The molecule has 0 fully saturated rings. The number of methoxy groups -OCH3 is 2. The van der Waals surface area contributed by atoms with Crippen LogP contribution in [0.3, 0.4) is 0 Å². The smallest absolute Gasteiger partial charge is 0.158 e. The molecule has 2 N–H and O–H groups in total. The first-order chi connectivity index (χ1) is 7.57. The van der Waals surface area contributed by atoms with Gasteiger partial charge in [0.05, 0.1) is 0 Å². The van der Waals surface area contributed by atoms with Gasteiger partial charge in [-0.15, -0.1) is 0 Å². The lowest BCUT2D eigenvalue weighted by atomic mass is 9.94. The van der Waals surface area contributed by atoms with E-state index in [-0.39, 0.29) is 11.8 Å². The van der Waals surface area contributed by atoms with Crippen LogP contribution >= 0.6 is 0 Å². The van der Waals surface area contributed by atoms with Crippen LogP contribution in [0.2, 0.25) is 0 Å². The van der Waals surface area contributed by atoms with Gasteiger partial charge >= 0.3 is 0 Å². The third-order valence-corrected chi connectivity index (χ3v) is 3.21. The zero-order valence-corrected chi connectivity index (χ0v) is 11.5. The van der Waals surface area contributed by atoms with Crippen LogP contribution in [0, 0.1) is 0 Å². The number of nitrogens with zero attached hydrogens (tertiary/aromatic N) is 1. The van der Waals surface area contributed by atoms with Crippen LogP contribution in [0.1, 0.15) is 33.6 Å². The molecule has 4 heteroatoms. The summed E-state index contributed by atoms with van der Waals surface area (Å²) in [6, 6.07) is 0. The molecule has 16 heavy (non-hydrogen) atoms. The van der Waals surface area contributed by atoms with Gasteiger partial charge in [-0.3, -0.25) is 4.90 Å². The van der Waals surface area contributed by atoms with E-state index in [0.29, 0.717) is 6.54 Å². The van der Waals surface area contributed by atoms with Crippen molar-refractivity contribution in [3.05, 3.63) is 0 Å². The van der Waals surface area contributed by atoms with E-state index in [0.717, 1.165) is 25.9 Å². The van der Waals surface area contributed by atoms with E-state index in [1.165, 1.54) is 0 Å². The Morgan fingerprint density at radius 1 is 1.25 bits per heavy atom. The first kappa shape index (κ1) is 15.8. The van der Waals surface area contributed by atoms with Crippen LogP contribution in [0.5, 0.6) is 0 Å². The molecule has 0 aromatic rings. The lowest BCUT2D eigenvalue weighted by molar-refractivity contribution is -0.128. The maximum atomic E-state index is 5.92. The van der Waals surface area contributed by atoms with Crippen LogP contribution in [-0.4, -0.2) is 50.6 Å². The largest absolute Gasteiger partial charge is 0.356 e. The Balaban J connectivity index is 4.58. The van der Waals surface area contributed by atoms with E-state index in [1.54, 1.807) is 14.2 Å². The van der Waals surface area contributed by atoms with Gasteiger partial charge in [0, 0.05) is 32.7 Å². The zero-order valence-electron chi connectivity index (χ0n) is 11.5. The molecule has 98 valence electrons. The van der Waals surface area contributed by atoms with E-state index in [2.05, 4.69) is 25.7 Å². The average Bonchev–Trinajstić information content (AvgIpc) is 2.32. The summed E-state index contributed by atoms with van der Waals surface area (Å²) in [6.07, 6.45) is 1.75. The topological polar surface area (TPSA) is 47.7 Å². The van der Waals surface area contributed by atoms with Crippen LogP contribution in [0.25, 0.3) is 0 Å². The SMILES string of the molecule is CCCN(CC)C(C)(CN)CC(OC)OC. The van der Waals surface area contributed by atoms with E-state index < -0.39 is 0 Å². The van der Waals surface area contributed by atoms with Gasteiger partial charge in [-0.25, -0.2) is 0 Å². The average molecular weight is 232 g/mol. The fourth-order valence-electron chi connectivity index (χ4n) is 2.04. The molecular formula is C12H28N2O2. The molecule has 0 heterocycles. The Kier molecular flexibility index (Phi) is 7.93. The highest BCUT2D eigenvalue weighted by atomic mass is 16.7. The fourth-order valence-corrected chi connectivity index (χ4v) is 2.04. The summed E-state index contributed by atoms with van der Waals surface area (Å²) >= 11 is 0. The number of hydrogen-bond donors (Lipinski definition) is 1.